The maximum Gasteiger partial charge on any atom is 0.115 e. The van der Waals surface area contributed by atoms with Gasteiger partial charge in [-0.05, 0) is 15.9 Å². The Balaban J connectivity index is 4.75. The van der Waals surface area contributed by atoms with Crippen molar-refractivity contribution in [2.45, 2.75) is 46.6 Å². The van der Waals surface area contributed by atoms with Crippen LogP contribution in [0, 0.1) is 10.8 Å². The van der Waals surface area contributed by atoms with Gasteiger partial charge in [-0.15, -0.1) is 9.24 Å². The topological polar surface area (TPSA) is 0 Å². The van der Waals surface area contributed by atoms with Crippen LogP contribution in [0.3, 0.4) is 0 Å². The Morgan fingerprint density at radius 2 is 1.00 bits per heavy atom. The van der Waals surface area contributed by atoms with Crippen molar-refractivity contribution >= 4 is 17.1 Å². The molecule has 0 fully saturated rings. The molecule has 0 bridgehead atoms. The summed E-state index contributed by atoms with van der Waals surface area (Å²) < 4.78 is 0. The molecule has 0 saturated carbocycles. The normalized spacial score (nSPS) is 15.2. The fourth-order valence-electron chi connectivity index (χ4n) is 1.12. The maximum absolute atomic E-state index is 3.01. The van der Waals surface area contributed by atoms with Gasteiger partial charge in [-0.25, -0.2) is 0 Å². The molecule has 0 spiro atoms. The predicted molar refractivity (Wildman–Crippen MR) is 59.9 cm³/mol. The lowest BCUT2D eigenvalue weighted by atomic mass is 9.55. The molecule has 2 heteroatoms. The van der Waals surface area contributed by atoms with E-state index in [0.717, 1.165) is 0 Å². The molecule has 1 unspecified atom stereocenters. The lowest BCUT2D eigenvalue weighted by Gasteiger charge is -2.49. The molecular formula is C9H22BP. The Bertz CT molecular complexity index is 121. The zero-order valence-electron chi connectivity index (χ0n) is 9.08. The first kappa shape index (κ1) is 11.5. The second-order valence-corrected chi connectivity index (χ2v) is 6.86. The van der Waals surface area contributed by atoms with Gasteiger partial charge >= 0.3 is 0 Å². The third-order valence-corrected chi connectivity index (χ3v) is 4.85. The first-order chi connectivity index (χ1) is 4.50. The third kappa shape index (κ3) is 2.21. The Morgan fingerprint density at radius 3 is 1.00 bits per heavy atom. The lowest BCUT2D eigenvalue weighted by Crippen LogP contribution is -2.48. The van der Waals surface area contributed by atoms with Crippen LogP contribution in [0.4, 0.5) is 0 Å². The molecule has 66 valence electrons. The van der Waals surface area contributed by atoms with Crippen LogP contribution >= 0.6 is 9.24 Å². The lowest BCUT2D eigenvalue weighted by molar-refractivity contribution is 0.213. The minimum absolute atomic E-state index is 0.292. The fourth-order valence-corrected chi connectivity index (χ4v) is 1.12. The molecule has 11 heavy (non-hydrogen) atoms. The van der Waals surface area contributed by atoms with Gasteiger partial charge in [-0.3, -0.25) is 0 Å². The summed E-state index contributed by atoms with van der Waals surface area (Å²) in [4.78, 5) is 0. The van der Waals surface area contributed by atoms with Crippen molar-refractivity contribution in [3.05, 3.63) is 0 Å². The second kappa shape index (κ2) is 2.77. The van der Waals surface area contributed by atoms with Gasteiger partial charge in [0.25, 0.3) is 0 Å². The van der Waals surface area contributed by atoms with Gasteiger partial charge in [0, 0.05) is 0 Å². The molecule has 0 aliphatic carbocycles. The molecule has 0 rings (SSSR count). The highest BCUT2D eigenvalue weighted by molar-refractivity contribution is 7.22. The molecule has 0 amide bonds. The van der Waals surface area contributed by atoms with Crippen LogP contribution in [0.5, 0.6) is 0 Å². The molecule has 0 aromatic rings. The standard InChI is InChI=1S/C9H22BP/c1-7(2,3)9(10,11)8(4,5)6/h10-11H2,1-6H3. The first-order valence-corrected chi connectivity index (χ1v) is 4.87. The zero-order valence-corrected chi connectivity index (χ0v) is 10.2. The molecule has 0 radical (unpaired) electrons. The third-order valence-electron chi connectivity index (χ3n) is 3.12. The van der Waals surface area contributed by atoms with E-state index in [1.807, 2.05) is 0 Å². The van der Waals surface area contributed by atoms with E-state index in [1.54, 1.807) is 0 Å². The van der Waals surface area contributed by atoms with Crippen LogP contribution < -0.4 is 0 Å². The van der Waals surface area contributed by atoms with Crippen molar-refractivity contribution in [2.24, 2.45) is 10.8 Å². The van der Waals surface area contributed by atoms with Crippen molar-refractivity contribution in [3.63, 3.8) is 0 Å². The van der Waals surface area contributed by atoms with Gasteiger partial charge in [-0.1, -0.05) is 41.5 Å². The van der Waals surface area contributed by atoms with Gasteiger partial charge < -0.3 is 0 Å². The fraction of sp³-hybridized carbons (Fsp3) is 1.00. The Kier molecular flexibility index (Phi) is 2.89. The molecule has 0 nitrogen and oxygen atoms in total. The minimum atomic E-state index is 0.292. The van der Waals surface area contributed by atoms with E-state index < -0.39 is 0 Å². The summed E-state index contributed by atoms with van der Waals surface area (Å²) in [5.74, 6) is 0. The summed E-state index contributed by atoms with van der Waals surface area (Å²) in [5.41, 5.74) is 0.686. The Labute approximate surface area is 75.1 Å². The average molecular weight is 172 g/mol. The molecular weight excluding hydrogens is 150 g/mol. The summed E-state index contributed by atoms with van der Waals surface area (Å²) in [6.07, 6.45) is 0. The van der Waals surface area contributed by atoms with Crippen LogP contribution in [0.15, 0.2) is 0 Å². The van der Waals surface area contributed by atoms with Crippen LogP contribution in [-0.2, 0) is 0 Å². The quantitative estimate of drug-likeness (QED) is 0.388. The van der Waals surface area contributed by atoms with E-state index in [0.29, 0.717) is 15.9 Å². The summed E-state index contributed by atoms with van der Waals surface area (Å²) in [6.45, 7) is 13.8. The monoisotopic (exact) mass is 172 g/mol. The van der Waals surface area contributed by atoms with Crippen LogP contribution in [-0.4, -0.2) is 12.9 Å². The summed E-state index contributed by atoms with van der Waals surface area (Å²) in [7, 11) is 5.32. The van der Waals surface area contributed by atoms with Gasteiger partial charge in [0.1, 0.15) is 7.85 Å². The highest BCUT2D eigenvalue weighted by atomic mass is 31.0. The van der Waals surface area contributed by atoms with Crippen LogP contribution in [0.25, 0.3) is 0 Å². The van der Waals surface area contributed by atoms with Gasteiger partial charge in [-0.2, -0.15) is 0 Å². The predicted octanol–water partition coefficient (Wildman–Crippen LogP) is 2.28. The minimum Gasteiger partial charge on any atom is -0.139 e. The second-order valence-electron chi connectivity index (χ2n) is 5.70. The maximum atomic E-state index is 3.01. The number of hydrogen-bond donors (Lipinski definition) is 0. The molecule has 0 aliphatic rings. The first-order valence-electron chi connectivity index (χ1n) is 4.29. The van der Waals surface area contributed by atoms with Crippen LogP contribution in [0.2, 0.25) is 0 Å². The van der Waals surface area contributed by atoms with Gasteiger partial charge in [0.05, 0.1) is 0 Å². The Hall–Kier alpha value is 0.495. The number of rotatable bonds is 0. The van der Waals surface area contributed by atoms with Crippen molar-refractivity contribution in [1.29, 1.82) is 0 Å². The van der Waals surface area contributed by atoms with Crippen molar-refractivity contribution in [3.8, 4) is 0 Å². The molecule has 1 atom stereocenters. The SMILES string of the molecule is BC(P)(C(C)(C)C)C(C)(C)C. The van der Waals surface area contributed by atoms with Crippen molar-refractivity contribution in [1.82, 2.24) is 0 Å². The molecule has 0 heterocycles. The summed E-state index contributed by atoms with van der Waals surface area (Å²) >= 11 is 0. The molecule has 0 aromatic heterocycles. The molecule has 0 aromatic carbocycles. The Morgan fingerprint density at radius 1 is 0.818 bits per heavy atom. The highest BCUT2D eigenvalue weighted by Gasteiger charge is 2.42. The van der Waals surface area contributed by atoms with E-state index in [4.69, 9.17) is 0 Å². The molecule has 0 saturated heterocycles. The van der Waals surface area contributed by atoms with Gasteiger partial charge in [0.2, 0.25) is 0 Å². The smallest absolute Gasteiger partial charge is 0.115 e. The van der Waals surface area contributed by atoms with E-state index in [9.17, 15) is 0 Å². The highest BCUT2D eigenvalue weighted by Crippen LogP contribution is 2.47. The van der Waals surface area contributed by atoms with Gasteiger partial charge in [0.15, 0.2) is 0 Å². The summed E-state index contributed by atoms with van der Waals surface area (Å²) in [5, 5.41) is 0.292. The van der Waals surface area contributed by atoms with E-state index in [-0.39, 0.29) is 0 Å². The zero-order chi connectivity index (χ0) is 9.50. The van der Waals surface area contributed by atoms with Crippen molar-refractivity contribution < 1.29 is 0 Å². The van der Waals surface area contributed by atoms with Crippen molar-refractivity contribution in [2.75, 3.05) is 0 Å². The van der Waals surface area contributed by atoms with E-state index >= 15 is 0 Å². The molecule has 0 N–H and O–H groups in total. The molecule has 0 aliphatic heterocycles. The van der Waals surface area contributed by atoms with E-state index in [1.165, 1.54) is 0 Å². The summed E-state index contributed by atoms with van der Waals surface area (Å²) in [6, 6.07) is 0. The number of hydrogen-bond acceptors (Lipinski definition) is 0. The van der Waals surface area contributed by atoms with Crippen LogP contribution in [0.1, 0.15) is 41.5 Å². The van der Waals surface area contributed by atoms with E-state index in [2.05, 4.69) is 58.6 Å². The largest absolute Gasteiger partial charge is 0.139 e. The average Bonchev–Trinajstić information content (AvgIpc) is 1.58.